The average molecular weight is 256 g/mol. The van der Waals surface area contributed by atoms with E-state index >= 15 is 0 Å². The molecular weight excluding hydrogens is 238 g/mol. The first-order chi connectivity index (χ1) is 8.19. The molecule has 1 aromatic carbocycles. The molecule has 0 aliphatic carbocycles. The lowest BCUT2D eigenvalue weighted by Crippen LogP contribution is -2.27. The molecule has 1 rings (SSSR count). The van der Waals surface area contributed by atoms with Crippen LogP contribution in [0.25, 0.3) is 0 Å². The van der Waals surface area contributed by atoms with Crippen LogP contribution in [0.2, 0.25) is 0 Å². The monoisotopic (exact) mass is 255 g/mol. The number of methoxy groups -OCH3 is 1. The number of halogens is 1. The first-order valence-electron chi connectivity index (χ1n) is 5.74. The van der Waals surface area contributed by atoms with Crippen molar-refractivity contribution in [3.63, 3.8) is 0 Å². The summed E-state index contributed by atoms with van der Waals surface area (Å²) >= 11 is 6.08. The number of alkyl halides is 1. The Bertz CT molecular complexity index is 351. The first kappa shape index (κ1) is 13.8. The molecule has 1 amide bonds. The Morgan fingerprint density at radius 3 is 2.59 bits per heavy atom. The fourth-order valence-corrected chi connectivity index (χ4v) is 1.62. The van der Waals surface area contributed by atoms with Crippen LogP contribution in [0.15, 0.2) is 24.3 Å². The number of carbonyl (C=O) groups is 1. The van der Waals surface area contributed by atoms with Gasteiger partial charge in [0, 0.05) is 6.54 Å². The third-order valence-corrected chi connectivity index (χ3v) is 2.92. The van der Waals surface area contributed by atoms with Crippen LogP contribution in [-0.2, 0) is 4.79 Å². The second-order valence-electron chi connectivity index (χ2n) is 3.78. The molecule has 1 N–H and O–H groups in total. The maximum absolute atomic E-state index is 11.7. The predicted octanol–water partition coefficient (Wildman–Crippen LogP) is 2.89. The van der Waals surface area contributed by atoms with E-state index in [0.29, 0.717) is 6.54 Å². The second kappa shape index (κ2) is 7.17. The summed E-state index contributed by atoms with van der Waals surface area (Å²) in [4.78, 5) is 11.7. The Balaban J connectivity index is 2.55. The fourth-order valence-electron chi connectivity index (χ4n) is 1.40. The molecule has 1 atom stereocenters. The van der Waals surface area contributed by atoms with Gasteiger partial charge in [-0.05, 0) is 24.1 Å². The summed E-state index contributed by atoms with van der Waals surface area (Å²) in [6.45, 7) is 2.75. The smallest absolute Gasteiger partial charge is 0.242 e. The SMILES string of the molecule is CCCCNC(=O)C(Cl)c1ccc(OC)cc1. The van der Waals surface area contributed by atoms with Crippen molar-refractivity contribution in [1.82, 2.24) is 5.32 Å². The zero-order valence-electron chi connectivity index (χ0n) is 10.2. The number of hydrogen-bond donors (Lipinski definition) is 1. The fraction of sp³-hybridized carbons (Fsp3) is 0.462. The predicted molar refractivity (Wildman–Crippen MR) is 69.5 cm³/mol. The van der Waals surface area contributed by atoms with Crippen LogP contribution in [0.3, 0.4) is 0 Å². The summed E-state index contributed by atoms with van der Waals surface area (Å²) in [7, 11) is 1.60. The van der Waals surface area contributed by atoms with E-state index < -0.39 is 5.38 Å². The van der Waals surface area contributed by atoms with Crippen molar-refractivity contribution in [2.24, 2.45) is 0 Å². The number of ether oxygens (including phenoxy) is 1. The van der Waals surface area contributed by atoms with Gasteiger partial charge in [-0.3, -0.25) is 4.79 Å². The zero-order chi connectivity index (χ0) is 12.7. The molecule has 1 aromatic rings. The van der Waals surface area contributed by atoms with Crippen LogP contribution in [0, 0.1) is 0 Å². The Hall–Kier alpha value is -1.22. The highest BCUT2D eigenvalue weighted by Gasteiger charge is 2.16. The number of amides is 1. The highest BCUT2D eigenvalue weighted by atomic mass is 35.5. The van der Waals surface area contributed by atoms with Crippen LogP contribution in [0.1, 0.15) is 30.7 Å². The van der Waals surface area contributed by atoms with E-state index in [0.717, 1.165) is 24.2 Å². The molecule has 0 fully saturated rings. The molecule has 0 spiro atoms. The molecule has 4 heteroatoms. The van der Waals surface area contributed by atoms with E-state index in [4.69, 9.17) is 16.3 Å². The lowest BCUT2D eigenvalue weighted by atomic mass is 10.1. The van der Waals surface area contributed by atoms with E-state index in [1.165, 1.54) is 0 Å². The van der Waals surface area contributed by atoms with E-state index in [2.05, 4.69) is 12.2 Å². The lowest BCUT2D eigenvalue weighted by Gasteiger charge is -2.11. The van der Waals surface area contributed by atoms with Crippen LogP contribution in [0.5, 0.6) is 5.75 Å². The molecule has 0 aliphatic heterocycles. The van der Waals surface area contributed by atoms with Gasteiger partial charge in [-0.25, -0.2) is 0 Å². The largest absolute Gasteiger partial charge is 0.497 e. The standard InChI is InChI=1S/C13H18ClNO2/c1-3-4-9-15-13(16)12(14)10-5-7-11(17-2)8-6-10/h5-8,12H,3-4,9H2,1-2H3,(H,15,16). The van der Waals surface area contributed by atoms with E-state index in [9.17, 15) is 4.79 Å². The van der Waals surface area contributed by atoms with Crippen molar-refractivity contribution in [3.8, 4) is 5.75 Å². The molecule has 0 bridgehead atoms. The lowest BCUT2D eigenvalue weighted by molar-refractivity contribution is -0.120. The third kappa shape index (κ3) is 4.27. The number of hydrogen-bond acceptors (Lipinski definition) is 2. The summed E-state index contributed by atoms with van der Waals surface area (Å²) < 4.78 is 5.05. The van der Waals surface area contributed by atoms with E-state index in [-0.39, 0.29) is 5.91 Å². The molecule has 0 saturated carbocycles. The number of nitrogens with one attached hydrogen (secondary N) is 1. The van der Waals surface area contributed by atoms with Crippen molar-refractivity contribution < 1.29 is 9.53 Å². The van der Waals surface area contributed by atoms with Gasteiger partial charge in [0.25, 0.3) is 0 Å². The maximum Gasteiger partial charge on any atom is 0.242 e. The van der Waals surface area contributed by atoms with E-state index in [1.54, 1.807) is 31.4 Å². The van der Waals surface area contributed by atoms with Crippen LogP contribution >= 0.6 is 11.6 Å². The molecule has 0 heterocycles. The maximum atomic E-state index is 11.7. The number of benzene rings is 1. The van der Waals surface area contributed by atoms with Gasteiger partial charge in [-0.2, -0.15) is 0 Å². The topological polar surface area (TPSA) is 38.3 Å². The highest BCUT2D eigenvalue weighted by molar-refractivity contribution is 6.30. The summed E-state index contributed by atoms with van der Waals surface area (Å²) in [5.74, 6) is 0.606. The van der Waals surface area contributed by atoms with Crippen molar-refractivity contribution in [2.75, 3.05) is 13.7 Å². The van der Waals surface area contributed by atoms with E-state index in [1.807, 2.05) is 0 Å². The van der Waals surface area contributed by atoms with Crippen molar-refractivity contribution in [3.05, 3.63) is 29.8 Å². The van der Waals surface area contributed by atoms with Crippen molar-refractivity contribution in [1.29, 1.82) is 0 Å². The van der Waals surface area contributed by atoms with Gasteiger partial charge in [-0.15, -0.1) is 11.6 Å². The van der Waals surface area contributed by atoms with Gasteiger partial charge in [0.05, 0.1) is 7.11 Å². The minimum atomic E-state index is -0.641. The summed E-state index contributed by atoms with van der Waals surface area (Å²) in [5.41, 5.74) is 0.779. The normalized spacial score (nSPS) is 11.9. The minimum absolute atomic E-state index is 0.148. The first-order valence-corrected chi connectivity index (χ1v) is 6.18. The zero-order valence-corrected chi connectivity index (χ0v) is 11.0. The molecule has 17 heavy (non-hydrogen) atoms. The number of carbonyl (C=O) groups excluding carboxylic acids is 1. The molecule has 0 aliphatic rings. The molecule has 0 radical (unpaired) electrons. The Labute approximate surface area is 107 Å². The Morgan fingerprint density at radius 1 is 1.41 bits per heavy atom. The Kier molecular flexibility index (Phi) is 5.84. The highest BCUT2D eigenvalue weighted by Crippen LogP contribution is 2.22. The molecular formula is C13H18ClNO2. The number of unbranched alkanes of at least 4 members (excludes halogenated alkanes) is 1. The van der Waals surface area contributed by atoms with Crippen LogP contribution < -0.4 is 10.1 Å². The molecule has 0 saturated heterocycles. The average Bonchev–Trinajstić information content (AvgIpc) is 2.38. The van der Waals surface area contributed by atoms with Crippen LogP contribution in [-0.4, -0.2) is 19.6 Å². The summed E-state index contributed by atoms with van der Waals surface area (Å²) in [5, 5.41) is 2.17. The quantitative estimate of drug-likeness (QED) is 0.627. The van der Waals surface area contributed by atoms with Gasteiger partial charge < -0.3 is 10.1 Å². The van der Waals surface area contributed by atoms with Gasteiger partial charge in [0.1, 0.15) is 11.1 Å². The third-order valence-electron chi connectivity index (χ3n) is 2.47. The summed E-state index contributed by atoms with van der Waals surface area (Å²) in [6, 6.07) is 7.19. The van der Waals surface area contributed by atoms with Crippen molar-refractivity contribution >= 4 is 17.5 Å². The van der Waals surface area contributed by atoms with Gasteiger partial charge in [0.2, 0.25) is 5.91 Å². The summed E-state index contributed by atoms with van der Waals surface area (Å²) in [6.07, 6.45) is 2.02. The van der Waals surface area contributed by atoms with Gasteiger partial charge >= 0.3 is 0 Å². The molecule has 3 nitrogen and oxygen atoms in total. The van der Waals surface area contributed by atoms with Crippen LogP contribution in [0.4, 0.5) is 0 Å². The Morgan fingerprint density at radius 2 is 2.06 bits per heavy atom. The molecule has 94 valence electrons. The molecule has 1 unspecified atom stereocenters. The second-order valence-corrected chi connectivity index (χ2v) is 4.22. The molecule has 0 aromatic heterocycles. The van der Waals surface area contributed by atoms with Gasteiger partial charge in [-0.1, -0.05) is 25.5 Å². The minimum Gasteiger partial charge on any atom is -0.497 e. The number of rotatable bonds is 6. The van der Waals surface area contributed by atoms with Crippen molar-refractivity contribution in [2.45, 2.75) is 25.1 Å². The van der Waals surface area contributed by atoms with Gasteiger partial charge in [0.15, 0.2) is 0 Å².